The molecule has 1 aromatic heterocycles. The molecule has 2 aliphatic carbocycles. The Morgan fingerprint density at radius 1 is 0.976 bits per heavy atom. The summed E-state index contributed by atoms with van der Waals surface area (Å²) in [5, 5.41) is 12.9. The number of primary amides is 1. The van der Waals surface area contributed by atoms with Gasteiger partial charge < -0.3 is 21.1 Å². The Morgan fingerprint density at radius 2 is 1.69 bits per heavy atom. The molecule has 0 radical (unpaired) electrons. The molecule has 2 fully saturated rings. The van der Waals surface area contributed by atoms with E-state index in [1.807, 2.05) is 6.07 Å². The van der Waals surface area contributed by atoms with E-state index in [1.54, 1.807) is 36.5 Å². The van der Waals surface area contributed by atoms with Gasteiger partial charge in [0.25, 0.3) is 5.91 Å². The first kappa shape index (κ1) is 27.9. The van der Waals surface area contributed by atoms with Crippen LogP contribution in [0, 0.1) is 11.3 Å². The number of halogens is 3. The van der Waals surface area contributed by atoms with Gasteiger partial charge in [0.1, 0.15) is 0 Å². The Bertz CT molecular complexity index is 1720. The van der Waals surface area contributed by atoms with Gasteiger partial charge in [-0.15, -0.1) is 0 Å². The van der Waals surface area contributed by atoms with Crippen molar-refractivity contribution in [2.75, 3.05) is 0 Å². The van der Waals surface area contributed by atoms with Crippen molar-refractivity contribution >= 4 is 40.4 Å². The first-order valence-electron chi connectivity index (χ1n) is 13.3. The highest BCUT2D eigenvalue weighted by molar-refractivity contribution is 7.99. The third-order valence-corrected chi connectivity index (χ3v) is 9.33. The molecule has 3 aromatic carbocycles. The van der Waals surface area contributed by atoms with E-state index in [-0.39, 0.29) is 23.3 Å². The van der Waals surface area contributed by atoms with Crippen molar-refractivity contribution < 1.29 is 32.7 Å². The lowest BCUT2D eigenvalue weighted by Crippen LogP contribution is -2.57. The molecular formula is C31H26F3N3O4S. The van der Waals surface area contributed by atoms with E-state index in [9.17, 15) is 32.7 Å². The first-order chi connectivity index (χ1) is 19.9. The lowest BCUT2D eigenvalue weighted by molar-refractivity contribution is -0.155. The normalized spacial score (nSPS) is 21.5. The second-order valence-electron chi connectivity index (χ2n) is 11.2. The fraction of sp³-hybridized carbons (Fsp3) is 0.258. The summed E-state index contributed by atoms with van der Waals surface area (Å²) in [6.45, 7) is 0. The van der Waals surface area contributed by atoms with Crippen LogP contribution in [0.5, 0.6) is 0 Å². The first-order valence-corrected chi connectivity index (χ1v) is 14.2. The van der Waals surface area contributed by atoms with Crippen molar-refractivity contribution in [1.82, 2.24) is 10.3 Å². The Kier molecular flexibility index (Phi) is 6.80. The van der Waals surface area contributed by atoms with Crippen molar-refractivity contribution in [2.45, 2.75) is 47.7 Å². The van der Waals surface area contributed by atoms with Crippen molar-refractivity contribution in [1.29, 1.82) is 0 Å². The second-order valence-corrected chi connectivity index (χ2v) is 12.3. The zero-order valence-corrected chi connectivity index (χ0v) is 22.9. The van der Waals surface area contributed by atoms with Crippen LogP contribution in [0.2, 0.25) is 0 Å². The van der Waals surface area contributed by atoms with Gasteiger partial charge in [-0.3, -0.25) is 14.4 Å². The Balaban J connectivity index is 1.32. The summed E-state index contributed by atoms with van der Waals surface area (Å²) >= 11 is 1.24. The number of hydrogen-bond acceptors (Lipinski definition) is 4. The molecule has 216 valence electrons. The average molecular weight is 594 g/mol. The molecular weight excluding hydrogens is 567 g/mol. The van der Waals surface area contributed by atoms with Crippen LogP contribution in [-0.2, 0) is 11.0 Å². The number of rotatable bonds is 7. The van der Waals surface area contributed by atoms with Crippen molar-refractivity contribution in [3.8, 4) is 11.1 Å². The van der Waals surface area contributed by atoms with Gasteiger partial charge in [0.2, 0.25) is 5.91 Å². The van der Waals surface area contributed by atoms with Gasteiger partial charge in [-0.05, 0) is 90.8 Å². The molecule has 2 amide bonds. The molecule has 4 aromatic rings. The van der Waals surface area contributed by atoms with Crippen LogP contribution in [0.25, 0.3) is 22.0 Å². The largest absolute Gasteiger partial charge is 0.481 e. The number of carboxylic acid groups (broad SMARTS) is 1. The monoisotopic (exact) mass is 593 g/mol. The minimum atomic E-state index is -4.44. The number of aromatic nitrogens is 1. The summed E-state index contributed by atoms with van der Waals surface area (Å²) in [6, 6.07) is 15.1. The number of carbonyl (C=O) groups is 3. The molecule has 5 N–H and O–H groups in total. The number of alkyl halides is 3. The van der Waals surface area contributed by atoms with Gasteiger partial charge in [-0.2, -0.15) is 13.2 Å². The van der Waals surface area contributed by atoms with Gasteiger partial charge in [0, 0.05) is 38.5 Å². The summed E-state index contributed by atoms with van der Waals surface area (Å²) in [5.74, 6) is -1.99. The van der Waals surface area contributed by atoms with E-state index in [4.69, 9.17) is 5.73 Å². The molecule has 7 nitrogen and oxygen atoms in total. The number of benzene rings is 3. The molecule has 2 aliphatic rings. The van der Waals surface area contributed by atoms with Crippen LogP contribution >= 0.6 is 11.8 Å². The van der Waals surface area contributed by atoms with Crippen molar-refractivity contribution in [3.05, 3.63) is 83.6 Å². The van der Waals surface area contributed by atoms with Crippen molar-refractivity contribution in [3.63, 3.8) is 0 Å². The molecule has 0 bridgehead atoms. The fourth-order valence-electron chi connectivity index (χ4n) is 6.20. The number of fused-ring (bicyclic) bond motifs is 1. The molecule has 6 rings (SSSR count). The van der Waals surface area contributed by atoms with Gasteiger partial charge in [-0.1, -0.05) is 23.9 Å². The zero-order chi connectivity index (χ0) is 29.8. The van der Waals surface area contributed by atoms with Gasteiger partial charge in [0.05, 0.1) is 17.0 Å². The molecule has 0 aliphatic heterocycles. The lowest BCUT2D eigenvalue weighted by atomic mass is 9.50. The van der Waals surface area contributed by atoms with Crippen LogP contribution in [0.1, 0.15) is 52.0 Å². The Hall–Kier alpha value is -4.25. The van der Waals surface area contributed by atoms with E-state index >= 15 is 0 Å². The molecule has 1 heterocycles. The zero-order valence-electron chi connectivity index (χ0n) is 22.1. The highest BCUT2D eigenvalue weighted by Gasteiger charge is 2.55. The SMILES string of the molecule is NC(=O)c1cccc(-c2cc(C(=O)NC3CC4(C3)CC(C(=O)O)C4)c3c(Sc4ccc(C(F)(F)F)cc4)c[nH]c3c2)c1. The van der Waals surface area contributed by atoms with Crippen LogP contribution in [0.4, 0.5) is 13.2 Å². The smallest absolute Gasteiger partial charge is 0.416 e. The molecule has 0 saturated heterocycles. The minimum Gasteiger partial charge on any atom is -0.481 e. The predicted molar refractivity (Wildman–Crippen MR) is 151 cm³/mol. The maximum Gasteiger partial charge on any atom is 0.416 e. The molecule has 0 atom stereocenters. The topological polar surface area (TPSA) is 125 Å². The standard InChI is InChI=1S/C31H26F3N3O4S/c32-31(33,34)20-4-6-22(7-5-20)42-25-15-36-24-10-18(16-2-1-3-17(8-16)27(35)38)9-23(26(24)25)28(39)37-21-13-30(14-21)11-19(12-30)29(40)41/h1-10,15,19,21,36H,11-14H2,(H2,35,38)(H,37,39)(H,40,41). The van der Waals surface area contributed by atoms with Crippen LogP contribution in [-0.4, -0.2) is 33.9 Å². The minimum absolute atomic E-state index is 0.0228. The van der Waals surface area contributed by atoms with Crippen LogP contribution in [0.3, 0.4) is 0 Å². The average Bonchev–Trinajstić information content (AvgIpc) is 3.30. The summed E-state index contributed by atoms with van der Waals surface area (Å²) < 4.78 is 39.2. The highest BCUT2D eigenvalue weighted by atomic mass is 32.2. The summed E-state index contributed by atoms with van der Waals surface area (Å²) in [5.41, 5.74) is 7.41. The number of aliphatic carboxylic acids is 1. The number of hydrogen-bond donors (Lipinski definition) is 4. The summed E-state index contributed by atoms with van der Waals surface area (Å²) in [7, 11) is 0. The molecule has 2 saturated carbocycles. The van der Waals surface area contributed by atoms with Crippen molar-refractivity contribution in [2.24, 2.45) is 17.1 Å². The maximum atomic E-state index is 13.7. The Morgan fingerprint density at radius 3 is 2.33 bits per heavy atom. The summed E-state index contributed by atoms with van der Waals surface area (Å²) in [4.78, 5) is 41.2. The van der Waals surface area contributed by atoms with Crippen LogP contribution in [0.15, 0.2) is 76.7 Å². The quantitative estimate of drug-likeness (QED) is 0.195. The molecule has 11 heteroatoms. The van der Waals surface area contributed by atoms with E-state index in [0.29, 0.717) is 68.6 Å². The Labute approximate surface area is 242 Å². The predicted octanol–water partition coefficient (Wildman–Crippen LogP) is 6.48. The second kappa shape index (κ2) is 10.2. The number of H-pyrrole nitrogens is 1. The van der Waals surface area contributed by atoms with Gasteiger partial charge in [-0.25, -0.2) is 0 Å². The van der Waals surface area contributed by atoms with Crippen LogP contribution < -0.4 is 11.1 Å². The molecule has 0 unspecified atom stereocenters. The van der Waals surface area contributed by atoms with E-state index in [2.05, 4.69) is 10.3 Å². The van der Waals surface area contributed by atoms with Gasteiger partial charge in [0.15, 0.2) is 0 Å². The fourth-order valence-corrected chi connectivity index (χ4v) is 7.16. The molecule has 42 heavy (non-hydrogen) atoms. The number of carbonyl (C=O) groups excluding carboxylic acids is 2. The van der Waals surface area contributed by atoms with Gasteiger partial charge >= 0.3 is 12.1 Å². The lowest BCUT2D eigenvalue weighted by Gasteiger charge is -2.56. The number of carboxylic acids is 1. The number of aromatic amines is 1. The van der Waals surface area contributed by atoms with E-state index < -0.39 is 23.6 Å². The van der Waals surface area contributed by atoms with E-state index in [1.165, 1.54) is 23.9 Å². The summed E-state index contributed by atoms with van der Waals surface area (Å²) in [6.07, 6.45) is -0.0525. The third kappa shape index (κ3) is 5.24. The third-order valence-electron chi connectivity index (χ3n) is 8.28. The number of amides is 2. The maximum absolute atomic E-state index is 13.7. The number of nitrogens with one attached hydrogen (secondary N) is 2. The van der Waals surface area contributed by atoms with E-state index in [0.717, 1.165) is 12.1 Å². The molecule has 1 spiro atoms. The number of nitrogens with two attached hydrogens (primary N) is 1. The highest BCUT2D eigenvalue weighted by Crippen LogP contribution is 2.58.